The van der Waals surface area contributed by atoms with E-state index in [0.717, 1.165) is 5.56 Å². The predicted molar refractivity (Wildman–Crippen MR) is 112 cm³/mol. The van der Waals surface area contributed by atoms with Crippen LogP contribution in [-0.4, -0.2) is 34.2 Å². The van der Waals surface area contributed by atoms with Crippen molar-refractivity contribution >= 4 is 35.2 Å². The third-order valence-corrected chi connectivity index (χ3v) is 4.31. The molecule has 0 aliphatic heterocycles. The molecule has 1 aromatic heterocycles. The van der Waals surface area contributed by atoms with Crippen LogP contribution in [0.1, 0.15) is 19.2 Å². The Bertz CT molecular complexity index is 1050. The number of urea groups is 1. The SMILES string of the molecule is CC(OC(=O)CCc1nc(-c2ccc(Cl)cc2)no1)C(=O)NC(=O)Nc1ccccc1. The number of halogens is 1. The number of anilines is 1. The first-order valence-corrected chi connectivity index (χ1v) is 9.73. The molecule has 10 heteroatoms. The lowest BCUT2D eigenvalue weighted by Crippen LogP contribution is -2.41. The minimum atomic E-state index is -1.15. The first-order chi connectivity index (χ1) is 14.9. The number of amides is 3. The summed E-state index contributed by atoms with van der Waals surface area (Å²) in [5.41, 5.74) is 1.25. The average Bonchev–Trinajstić information content (AvgIpc) is 3.22. The fourth-order valence-electron chi connectivity index (χ4n) is 2.49. The van der Waals surface area contributed by atoms with E-state index in [1.54, 1.807) is 54.6 Å². The highest BCUT2D eigenvalue weighted by molar-refractivity contribution is 6.30. The summed E-state index contributed by atoms with van der Waals surface area (Å²) in [5.74, 6) is -0.764. The second-order valence-corrected chi connectivity index (χ2v) is 6.90. The quantitative estimate of drug-likeness (QED) is 0.535. The number of nitrogens with zero attached hydrogens (tertiary/aromatic N) is 2. The third kappa shape index (κ3) is 6.65. The molecule has 160 valence electrons. The standard InChI is InChI=1S/C21H19ClN4O5/c1-13(20(28)25-21(29)23-16-5-3-2-4-6-16)30-18(27)12-11-17-24-19(26-31-17)14-7-9-15(22)10-8-14/h2-10,13H,11-12H2,1H3,(H2,23,25,28,29). The van der Waals surface area contributed by atoms with Crippen LogP contribution >= 0.6 is 11.6 Å². The van der Waals surface area contributed by atoms with Crippen LogP contribution in [0.5, 0.6) is 0 Å². The molecule has 3 rings (SSSR count). The zero-order chi connectivity index (χ0) is 22.2. The lowest BCUT2D eigenvalue weighted by molar-refractivity contribution is -0.154. The first kappa shape index (κ1) is 22.0. The van der Waals surface area contributed by atoms with Gasteiger partial charge in [-0.3, -0.25) is 14.9 Å². The van der Waals surface area contributed by atoms with Crippen molar-refractivity contribution in [3.05, 3.63) is 65.5 Å². The van der Waals surface area contributed by atoms with Gasteiger partial charge in [-0.15, -0.1) is 0 Å². The van der Waals surface area contributed by atoms with E-state index >= 15 is 0 Å². The van der Waals surface area contributed by atoms with Crippen molar-refractivity contribution in [2.24, 2.45) is 0 Å². The fourth-order valence-corrected chi connectivity index (χ4v) is 2.61. The van der Waals surface area contributed by atoms with Crippen LogP contribution in [0, 0.1) is 0 Å². The van der Waals surface area contributed by atoms with Crippen molar-refractivity contribution in [2.75, 3.05) is 5.32 Å². The summed E-state index contributed by atoms with van der Waals surface area (Å²) < 4.78 is 10.2. The average molecular weight is 443 g/mol. The molecule has 0 radical (unpaired) electrons. The van der Waals surface area contributed by atoms with E-state index in [0.29, 0.717) is 16.5 Å². The van der Waals surface area contributed by atoms with E-state index in [2.05, 4.69) is 20.8 Å². The van der Waals surface area contributed by atoms with E-state index in [-0.39, 0.29) is 18.7 Å². The highest BCUT2D eigenvalue weighted by atomic mass is 35.5. The van der Waals surface area contributed by atoms with Crippen LogP contribution in [0.4, 0.5) is 10.5 Å². The van der Waals surface area contributed by atoms with Gasteiger partial charge in [-0.25, -0.2) is 4.79 Å². The number of rotatable bonds is 7. The Morgan fingerprint density at radius 2 is 1.81 bits per heavy atom. The van der Waals surface area contributed by atoms with Crippen LogP contribution in [0.3, 0.4) is 0 Å². The molecule has 1 unspecified atom stereocenters. The molecule has 3 amide bonds. The summed E-state index contributed by atoms with van der Waals surface area (Å²) >= 11 is 5.85. The van der Waals surface area contributed by atoms with Crippen LogP contribution in [0.2, 0.25) is 5.02 Å². The molecule has 0 aliphatic rings. The van der Waals surface area contributed by atoms with Crippen molar-refractivity contribution in [1.82, 2.24) is 15.5 Å². The van der Waals surface area contributed by atoms with Crippen molar-refractivity contribution in [1.29, 1.82) is 0 Å². The van der Waals surface area contributed by atoms with Gasteiger partial charge in [-0.05, 0) is 43.3 Å². The molecule has 31 heavy (non-hydrogen) atoms. The summed E-state index contributed by atoms with van der Waals surface area (Å²) in [4.78, 5) is 40.1. The van der Waals surface area contributed by atoms with Crippen LogP contribution in [0.25, 0.3) is 11.4 Å². The zero-order valence-electron chi connectivity index (χ0n) is 16.5. The maximum atomic E-state index is 12.0. The highest BCUT2D eigenvalue weighted by Crippen LogP contribution is 2.19. The van der Waals surface area contributed by atoms with Gasteiger partial charge in [0.15, 0.2) is 6.10 Å². The Morgan fingerprint density at radius 3 is 2.52 bits per heavy atom. The molecule has 0 bridgehead atoms. The molecule has 2 aromatic carbocycles. The second kappa shape index (κ2) is 10.4. The minimum absolute atomic E-state index is 0.0733. The maximum absolute atomic E-state index is 12.0. The van der Waals surface area contributed by atoms with Gasteiger partial charge in [-0.1, -0.05) is 35.0 Å². The van der Waals surface area contributed by atoms with Crippen molar-refractivity contribution in [2.45, 2.75) is 25.9 Å². The molecule has 0 spiro atoms. The summed E-state index contributed by atoms with van der Waals surface area (Å²) in [6, 6.07) is 14.8. The number of nitrogens with one attached hydrogen (secondary N) is 2. The Labute approximate surface area is 182 Å². The number of imide groups is 1. The summed E-state index contributed by atoms with van der Waals surface area (Å²) in [6.45, 7) is 1.37. The van der Waals surface area contributed by atoms with E-state index in [4.69, 9.17) is 20.9 Å². The first-order valence-electron chi connectivity index (χ1n) is 9.35. The molecule has 1 heterocycles. The van der Waals surface area contributed by atoms with Gasteiger partial charge in [0.1, 0.15) is 0 Å². The molecule has 3 aromatic rings. The van der Waals surface area contributed by atoms with E-state index < -0.39 is 24.0 Å². The number of carbonyl (C=O) groups excluding carboxylic acids is 3. The van der Waals surface area contributed by atoms with Crippen LogP contribution in [0.15, 0.2) is 59.1 Å². The van der Waals surface area contributed by atoms with Crippen molar-refractivity contribution in [3.63, 3.8) is 0 Å². The number of aryl methyl sites for hydroxylation is 1. The van der Waals surface area contributed by atoms with Gasteiger partial charge >= 0.3 is 12.0 Å². The summed E-state index contributed by atoms with van der Waals surface area (Å²) in [6.07, 6.45) is -1.08. The fraction of sp³-hybridized carbons (Fsp3) is 0.190. The molecular formula is C21H19ClN4O5. The predicted octanol–water partition coefficient (Wildman–Crippen LogP) is 3.60. The van der Waals surface area contributed by atoms with Gasteiger partial charge in [0.2, 0.25) is 11.7 Å². The Balaban J connectivity index is 1.43. The second-order valence-electron chi connectivity index (χ2n) is 6.46. The van der Waals surface area contributed by atoms with Crippen LogP contribution in [-0.2, 0) is 20.7 Å². The maximum Gasteiger partial charge on any atom is 0.325 e. The minimum Gasteiger partial charge on any atom is -0.453 e. The van der Waals surface area contributed by atoms with Crippen LogP contribution < -0.4 is 10.6 Å². The van der Waals surface area contributed by atoms with E-state index in [9.17, 15) is 14.4 Å². The lowest BCUT2D eigenvalue weighted by atomic mass is 10.2. The summed E-state index contributed by atoms with van der Waals surface area (Å²) in [5, 5.41) is 9.07. The highest BCUT2D eigenvalue weighted by Gasteiger charge is 2.20. The number of carbonyl (C=O) groups is 3. The monoisotopic (exact) mass is 442 g/mol. The Kier molecular flexibility index (Phi) is 7.34. The molecule has 0 saturated carbocycles. The van der Waals surface area contributed by atoms with Gasteiger partial charge in [0.05, 0.1) is 6.42 Å². The van der Waals surface area contributed by atoms with Crippen molar-refractivity contribution in [3.8, 4) is 11.4 Å². The molecule has 0 saturated heterocycles. The molecule has 9 nitrogen and oxygen atoms in total. The molecule has 0 aliphatic carbocycles. The van der Waals surface area contributed by atoms with E-state index in [1.807, 2.05) is 0 Å². The molecular weight excluding hydrogens is 424 g/mol. The number of hydrogen-bond acceptors (Lipinski definition) is 7. The summed E-state index contributed by atoms with van der Waals surface area (Å²) in [7, 11) is 0. The molecule has 1 atom stereocenters. The Hall–Kier alpha value is -3.72. The largest absolute Gasteiger partial charge is 0.453 e. The normalized spacial score (nSPS) is 11.4. The topological polar surface area (TPSA) is 123 Å². The number of hydrogen-bond donors (Lipinski definition) is 2. The molecule has 0 fully saturated rings. The van der Waals surface area contributed by atoms with Gasteiger partial charge in [0, 0.05) is 22.7 Å². The van der Waals surface area contributed by atoms with Crippen molar-refractivity contribution < 1.29 is 23.6 Å². The number of benzene rings is 2. The third-order valence-electron chi connectivity index (χ3n) is 4.06. The number of aromatic nitrogens is 2. The van der Waals surface area contributed by atoms with Gasteiger partial charge in [0.25, 0.3) is 5.91 Å². The number of esters is 1. The van der Waals surface area contributed by atoms with E-state index in [1.165, 1.54) is 6.92 Å². The lowest BCUT2D eigenvalue weighted by Gasteiger charge is -2.13. The number of para-hydroxylation sites is 1. The zero-order valence-corrected chi connectivity index (χ0v) is 17.3. The Morgan fingerprint density at radius 1 is 1.10 bits per heavy atom. The number of ether oxygens (including phenoxy) is 1. The molecule has 2 N–H and O–H groups in total. The smallest absolute Gasteiger partial charge is 0.325 e. The van der Waals surface area contributed by atoms with Gasteiger partial charge in [-0.2, -0.15) is 4.98 Å². The van der Waals surface area contributed by atoms with Gasteiger partial charge < -0.3 is 14.6 Å².